The summed E-state index contributed by atoms with van der Waals surface area (Å²) in [6.07, 6.45) is 1.69. The van der Waals surface area contributed by atoms with Crippen molar-refractivity contribution in [2.45, 2.75) is 36.9 Å². The fraction of sp³-hybridized carbons (Fsp3) is 1.00. The molecular weight excluding hydrogens is 212 g/mol. The van der Waals surface area contributed by atoms with Gasteiger partial charge in [0.15, 0.2) is 0 Å². The maximum atomic E-state index is 5.93. The summed E-state index contributed by atoms with van der Waals surface area (Å²) in [5.41, 5.74) is 0. The van der Waals surface area contributed by atoms with Gasteiger partial charge in [0.2, 0.25) is 5.79 Å². The number of hydrogen-bond acceptors (Lipinski definition) is 5. The van der Waals surface area contributed by atoms with E-state index in [0.29, 0.717) is 13.2 Å². The van der Waals surface area contributed by atoms with E-state index in [2.05, 4.69) is 0 Å². The Bertz CT molecular complexity index is 230. The first kappa shape index (κ1) is 12.3. The Morgan fingerprint density at radius 2 is 2.06 bits per heavy atom. The van der Waals surface area contributed by atoms with Crippen molar-refractivity contribution < 1.29 is 23.7 Å². The van der Waals surface area contributed by atoms with E-state index in [1.54, 1.807) is 21.3 Å². The highest BCUT2D eigenvalue weighted by atomic mass is 16.7. The van der Waals surface area contributed by atoms with E-state index in [1.165, 1.54) is 0 Å². The van der Waals surface area contributed by atoms with Gasteiger partial charge in [-0.1, -0.05) is 0 Å². The maximum absolute atomic E-state index is 5.93. The number of fused-ring (bicyclic) bond motifs is 2. The summed E-state index contributed by atoms with van der Waals surface area (Å²) >= 11 is 0. The molecule has 5 heteroatoms. The summed E-state index contributed by atoms with van der Waals surface area (Å²) in [5, 5.41) is 0. The second-order valence-electron chi connectivity index (χ2n) is 4.29. The molecule has 0 amide bonds. The van der Waals surface area contributed by atoms with Gasteiger partial charge in [-0.05, 0) is 6.42 Å². The minimum Gasteiger partial charge on any atom is -0.379 e. The zero-order chi connectivity index (χ0) is 11.6. The van der Waals surface area contributed by atoms with Crippen LogP contribution in [0.2, 0.25) is 0 Å². The van der Waals surface area contributed by atoms with Gasteiger partial charge in [-0.25, -0.2) is 0 Å². The first-order valence-electron chi connectivity index (χ1n) is 5.62. The molecule has 0 aromatic rings. The molecule has 0 aromatic carbocycles. The van der Waals surface area contributed by atoms with E-state index in [0.717, 1.165) is 12.8 Å². The molecule has 0 spiro atoms. The van der Waals surface area contributed by atoms with Gasteiger partial charge in [-0.15, -0.1) is 0 Å². The normalized spacial score (nSPS) is 43.3. The average molecular weight is 232 g/mol. The Kier molecular flexibility index (Phi) is 3.81. The topological polar surface area (TPSA) is 46.2 Å². The lowest BCUT2D eigenvalue weighted by molar-refractivity contribution is -0.381. The van der Waals surface area contributed by atoms with Gasteiger partial charge in [-0.2, -0.15) is 0 Å². The zero-order valence-corrected chi connectivity index (χ0v) is 10.1. The van der Waals surface area contributed by atoms with Gasteiger partial charge < -0.3 is 23.7 Å². The van der Waals surface area contributed by atoms with Gasteiger partial charge in [0, 0.05) is 27.8 Å². The molecule has 2 fully saturated rings. The Balaban J connectivity index is 2.20. The molecule has 0 N–H and O–H groups in total. The highest BCUT2D eigenvalue weighted by Crippen LogP contribution is 2.38. The summed E-state index contributed by atoms with van der Waals surface area (Å²) in [5.74, 6) is -0.800. The van der Waals surface area contributed by atoms with E-state index in [4.69, 9.17) is 23.7 Å². The number of hydrogen-bond donors (Lipinski definition) is 0. The summed E-state index contributed by atoms with van der Waals surface area (Å²) in [6, 6.07) is 0. The predicted octanol–water partition coefficient (Wildman–Crippen LogP) is 0.568. The maximum Gasteiger partial charge on any atom is 0.221 e. The smallest absolute Gasteiger partial charge is 0.221 e. The largest absolute Gasteiger partial charge is 0.379 e. The van der Waals surface area contributed by atoms with Crippen LogP contribution in [-0.4, -0.2) is 58.6 Å². The molecule has 5 nitrogen and oxygen atoms in total. The minimum atomic E-state index is -0.800. The zero-order valence-electron chi connectivity index (χ0n) is 10.1. The quantitative estimate of drug-likeness (QED) is 0.709. The molecule has 2 saturated heterocycles. The van der Waals surface area contributed by atoms with Crippen LogP contribution in [0.25, 0.3) is 0 Å². The number of rotatable bonds is 4. The molecule has 2 heterocycles. The van der Waals surface area contributed by atoms with Crippen LogP contribution in [0.1, 0.15) is 12.8 Å². The SMILES string of the molecule is COC[C@@]12OCC[C@H](C[C@@H](OC)[C@@H]1OC)O2. The van der Waals surface area contributed by atoms with Crippen LogP contribution in [-0.2, 0) is 23.7 Å². The number of methoxy groups -OCH3 is 3. The molecular formula is C11H20O5. The fourth-order valence-corrected chi connectivity index (χ4v) is 2.63. The van der Waals surface area contributed by atoms with Crippen molar-refractivity contribution in [3.05, 3.63) is 0 Å². The summed E-state index contributed by atoms with van der Waals surface area (Å²) in [4.78, 5) is 0. The van der Waals surface area contributed by atoms with Crippen LogP contribution in [0.15, 0.2) is 0 Å². The second-order valence-corrected chi connectivity index (χ2v) is 4.29. The Labute approximate surface area is 95.9 Å². The van der Waals surface area contributed by atoms with E-state index in [1.807, 2.05) is 0 Å². The van der Waals surface area contributed by atoms with Crippen LogP contribution in [0.5, 0.6) is 0 Å². The van der Waals surface area contributed by atoms with E-state index in [9.17, 15) is 0 Å². The van der Waals surface area contributed by atoms with Gasteiger partial charge in [-0.3, -0.25) is 0 Å². The molecule has 0 radical (unpaired) electrons. The third-order valence-electron chi connectivity index (χ3n) is 3.32. The highest BCUT2D eigenvalue weighted by Gasteiger charge is 2.54. The van der Waals surface area contributed by atoms with Crippen LogP contribution >= 0.6 is 0 Å². The lowest BCUT2D eigenvalue weighted by Crippen LogP contribution is -2.65. The molecule has 2 bridgehead atoms. The number of ether oxygens (including phenoxy) is 5. The van der Waals surface area contributed by atoms with Crippen LogP contribution in [0, 0.1) is 0 Å². The second kappa shape index (κ2) is 4.98. The van der Waals surface area contributed by atoms with Crippen LogP contribution in [0.3, 0.4) is 0 Å². The van der Waals surface area contributed by atoms with E-state index >= 15 is 0 Å². The van der Waals surface area contributed by atoms with Crippen molar-refractivity contribution in [1.82, 2.24) is 0 Å². The highest BCUT2D eigenvalue weighted by molar-refractivity contribution is 4.96. The van der Waals surface area contributed by atoms with Crippen molar-refractivity contribution >= 4 is 0 Å². The lowest BCUT2D eigenvalue weighted by Gasteiger charge is -2.51. The minimum absolute atomic E-state index is 0.000741. The lowest BCUT2D eigenvalue weighted by atomic mass is 9.91. The van der Waals surface area contributed by atoms with Gasteiger partial charge in [0.25, 0.3) is 0 Å². The molecule has 4 atom stereocenters. The average Bonchev–Trinajstić information content (AvgIpc) is 2.28. The Morgan fingerprint density at radius 3 is 2.69 bits per heavy atom. The Morgan fingerprint density at radius 1 is 1.25 bits per heavy atom. The molecule has 2 aliphatic rings. The third kappa shape index (κ3) is 1.98. The molecule has 0 saturated carbocycles. The third-order valence-corrected chi connectivity index (χ3v) is 3.32. The van der Waals surface area contributed by atoms with Crippen molar-refractivity contribution in [1.29, 1.82) is 0 Å². The molecule has 2 aliphatic heterocycles. The Hall–Kier alpha value is -0.200. The molecule has 0 aliphatic carbocycles. The van der Waals surface area contributed by atoms with Crippen molar-refractivity contribution in [3.63, 3.8) is 0 Å². The monoisotopic (exact) mass is 232 g/mol. The summed E-state index contributed by atoms with van der Waals surface area (Å²) in [6.45, 7) is 1.05. The molecule has 2 rings (SSSR count). The molecule has 94 valence electrons. The predicted molar refractivity (Wildman–Crippen MR) is 56.3 cm³/mol. The van der Waals surface area contributed by atoms with Gasteiger partial charge >= 0.3 is 0 Å². The van der Waals surface area contributed by atoms with E-state index in [-0.39, 0.29) is 18.3 Å². The van der Waals surface area contributed by atoms with E-state index < -0.39 is 5.79 Å². The molecule has 0 aromatic heterocycles. The van der Waals surface area contributed by atoms with Crippen molar-refractivity contribution in [3.8, 4) is 0 Å². The van der Waals surface area contributed by atoms with Crippen molar-refractivity contribution in [2.75, 3.05) is 34.5 Å². The summed E-state index contributed by atoms with van der Waals surface area (Å²) < 4.78 is 27.8. The first-order valence-corrected chi connectivity index (χ1v) is 5.62. The summed E-state index contributed by atoms with van der Waals surface area (Å²) in [7, 11) is 4.97. The van der Waals surface area contributed by atoms with Gasteiger partial charge in [0.1, 0.15) is 12.7 Å². The standard InChI is InChI=1S/C11H20O5/c1-12-7-11-10(14-3)9(13-2)6-8(16-11)4-5-15-11/h8-10H,4-7H2,1-3H3/t8-,9-,10+,11+/m1/s1. The fourth-order valence-electron chi connectivity index (χ4n) is 2.63. The van der Waals surface area contributed by atoms with Crippen molar-refractivity contribution in [2.24, 2.45) is 0 Å². The van der Waals surface area contributed by atoms with Crippen LogP contribution in [0.4, 0.5) is 0 Å². The van der Waals surface area contributed by atoms with Gasteiger partial charge in [0.05, 0.1) is 18.8 Å². The molecule has 16 heavy (non-hydrogen) atoms. The molecule has 0 unspecified atom stereocenters. The van der Waals surface area contributed by atoms with Crippen LogP contribution < -0.4 is 0 Å². The first-order chi connectivity index (χ1) is 7.75.